The predicted octanol–water partition coefficient (Wildman–Crippen LogP) is 2.58. The van der Waals surface area contributed by atoms with Gasteiger partial charge in [-0.25, -0.2) is 14.8 Å². The molecule has 1 fully saturated rings. The van der Waals surface area contributed by atoms with Gasteiger partial charge in [0.05, 0.1) is 25.1 Å². The lowest BCUT2D eigenvalue weighted by molar-refractivity contribution is 0.0600. The lowest BCUT2D eigenvalue weighted by Crippen LogP contribution is -2.05. The van der Waals surface area contributed by atoms with Crippen molar-refractivity contribution in [3.63, 3.8) is 0 Å². The average Bonchev–Trinajstić information content (AvgIpc) is 3.37. The second kappa shape index (κ2) is 6.51. The standard InChI is InChI=1S/C16H17N3O4/c1-22-16(21)11-4-12(20)6-13(5-11)23-15-9-18-14(8-19-15)17-7-10-2-3-10/h4-6,8-10,20H,2-3,7H2,1H3,(H,17,18). The van der Waals surface area contributed by atoms with Crippen molar-refractivity contribution in [3.8, 4) is 17.4 Å². The molecule has 23 heavy (non-hydrogen) atoms. The van der Waals surface area contributed by atoms with Gasteiger partial charge in [-0.15, -0.1) is 0 Å². The van der Waals surface area contributed by atoms with Crippen LogP contribution in [-0.2, 0) is 4.74 Å². The molecule has 0 saturated heterocycles. The highest BCUT2D eigenvalue weighted by atomic mass is 16.5. The third kappa shape index (κ3) is 4.09. The molecule has 1 saturated carbocycles. The number of hydrogen-bond donors (Lipinski definition) is 2. The van der Waals surface area contributed by atoms with E-state index in [9.17, 15) is 9.90 Å². The molecule has 0 bridgehead atoms. The van der Waals surface area contributed by atoms with Crippen LogP contribution < -0.4 is 10.1 Å². The molecule has 7 nitrogen and oxygen atoms in total. The number of carbonyl (C=O) groups is 1. The Balaban J connectivity index is 1.68. The van der Waals surface area contributed by atoms with E-state index in [1.165, 1.54) is 44.3 Å². The highest BCUT2D eigenvalue weighted by molar-refractivity contribution is 5.90. The van der Waals surface area contributed by atoms with E-state index in [1.54, 1.807) is 6.20 Å². The zero-order valence-corrected chi connectivity index (χ0v) is 12.7. The number of anilines is 1. The van der Waals surface area contributed by atoms with Gasteiger partial charge in [0.15, 0.2) is 0 Å². The maximum atomic E-state index is 11.5. The Labute approximate surface area is 133 Å². The number of phenolic OH excluding ortho intramolecular Hbond substituents is 1. The largest absolute Gasteiger partial charge is 0.508 e. The average molecular weight is 315 g/mol. The van der Waals surface area contributed by atoms with Crippen LogP contribution in [0, 0.1) is 5.92 Å². The Bertz CT molecular complexity index is 699. The van der Waals surface area contributed by atoms with E-state index in [1.807, 2.05) is 0 Å². The van der Waals surface area contributed by atoms with Gasteiger partial charge in [0, 0.05) is 12.6 Å². The number of methoxy groups -OCH3 is 1. The Morgan fingerprint density at radius 1 is 1.30 bits per heavy atom. The van der Waals surface area contributed by atoms with Gasteiger partial charge in [-0.2, -0.15) is 0 Å². The summed E-state index contributed by atoms with van der Waals surface area (Å²) in [6.45, 7) is 0.907. The maximum Gasteiger partial charge on any atom is 0.338 e. The van der Waals surface area contributed by atoms with Crippen LogP contribution in [0.15, 0.2) is 30.6 Å². The monoisotopic (exact) mass is 315 g/mol. The molecule has 1 aromatic carbocycles. The van der Waals surface area contributed by atoms with Crippen LogP contribution in [0.2, 0.25) is 0 Å². The molecule has 120 valence electrons. The molecule has 0 unspecified atom stereocenters. The van der Waals surface area contributed by atoms with Crippen LogP contribution in [0.25, 0.3) is 0 Å². The third-order valence-electron chi connectivity index (χ3n) is 3.43. The minimum atomic E-state index is -0.559. The summed E-state index contributed by atoms with van der Waals surface area (Å²) in [6, 6.07) is 4.15. The van der Waals surface area contributed by atoms with Crippen molar-refractivity contribution in [2.45, 2.75) is 12.8 Å². The lowest BCUT2D eigenvalue weighted by atomic mass is 10.2. The predicted molar refractivity (Wildman–Crippen MR) is 82.8 cm³/mol. The highest BCUT2D eigenvalue weighted by Crippen LogP contribution is 2.29. The van der Waals surface area contributed by atoms with Gasteiger partial charge in [0.2, 0.25) is 5.88 Å². The first-order valence-electron chi connectivity index (χ1n) is 7.30. The Kier molecular flexibility index (Phi) is 4.27. The van der Waals surface area contributed by atoms with E-state index in [0.717, 1.165) is 12.5 Å². The summed E-state index contributed by atoms with van der Waals surface area (Å²) >= 11 is 0. The van der Waals surface area contributed by atoms with Crippen LogP contribution >= 0.6 is 0 Å². The van der Waals surface area contributed by atoms with Gasteiger partial charge in [0.25, 0.3) is 0 Å². The number of aromatic hydroxyl groups is 1. The van der Waals surface area contributed by atoms with E-state index < -0.39 is 5.97 Å². The molecule has 0 aliphatic heterocycles. The molecule has 1 heterocycles. The van der Waals surface area contributed by atoms with E-state index in [0.29, 0.717) is 5.82 Å². The maximum absolute atomic E-state index is 11.5. The van der Waals surface area contributed by atoms with Crippen molar-refractivity contribution in [2.24, 2.45) is 5.92 Å². The van der Waals surface area contributed by atoms with Crippen molar-refractivity contribution in [1.82, 2.24) is 9.97 Å². The van der Waals surface area contributed by atoms with Gasteiger partial charge in [-0.05, 0) is 30.9 Å². The molecule has 0 amide bonds. The molecular weight excluding hydrogens is 298 g/mol. The summed E-state index contributed by atoms with van der Waals surface area (Å²) in [7, 11) is 1.27. The molecule has 1 aliphatic rings. The second-order valence-corrected chi connectivity index (χ2v) is 5.37. The smallest absolute Gasteiger partial charge is 0.338 e. The van der Waals surface area contributed by atoms with Crippen molar-refractivity contribution in [1.29, 1.82) is 0 Å². The molecule has 3 rings (SSSR count). The molecule has 0 radical (unpaired) electrons. The zero-order chi connectivity index (χ0) is 16.2. The Morgan fingerprint density at radius 2 is 2.13 bits per heavy atom. The molecule has 7 heteroatoms. The number of phenols is 1. The SMILES string of the molecule is COC(=O)c1cc(O)cc(Oc2cnc(NCC3CC3)cn2)c1. The molecule has 1 aromatic heterocycles. The van der Waals surface area contributed by atoms with Gasteiger partial charge in [-0.1, -0.05) is 0 Å². The molecular formula is C16H17N3O4. The normalized spacial score (nSPS) is 13.4. The van der Waals surface area contributed by atoms with Crippen molar-refractivity contribution in [2.75, 3.05) is 19.0 Å². The minimum Gasteiger partial charge on any atom is -0.508 e. The third-order valence-corrected chi connectivity index (χ3v) is 3.43. The van der Waals surface area contributed by atoms with Crippen LogP contribution in [0.1, 0.15) is 23.2 Å². The van der Waals surface area contributed by atoms with Crippen LogP contribution in [-0.4, -0.2) is 34.7 Å². The first kappa shape index (κ1) is 15.1. The Morgan fingerprint density at radius 3 is 2.78 bits per heavy atom. The number of carbonyl (C=O) groups excluding carboxylic acids is 1. The first-order chi connectivity index (χ1) is 11.1. The van der Waals surface area contributed by atoms with E-state index >= 15 is 0 Å². The van der Waals surface area contributed by atoms with Crippen LogP contribution in [0.5, 0.6) is 17.4 Å². The minimum absolute atomic E-state index is 0.0985. The number of hydrogen-bond acceptors (Lipinski definition) is 7. The number of esters is 1. The Hall–Kier alpha value is -2.83. The van der Waals surface area contributed by atoms with E-state index in [4.69, 9.17) is 4.74 Å². The number of nitrogens with one attached hydrogen (secondary N) is 1. The molecule has 0 atom stereocenters. The van der Waals surface area contributed by atoms with Crippen LogP contribution in [0.4, 0.5) is 5.82 Å². The topological polar surface area (TPSA) is 93.6 Å². The van der Waals surface area contributed by atoms with E-state index in [2.05, 4.69) is 20.0 Å². The van der Waals surface area contributed by atoms with Crippen molar-refractivity contribution >= 4 is 11.8 Å². The summed E-state index contributed by atoms with van der Waals surface area (Å²) < 4.78 is 10.1. The summed E-state index contributed by atoms with van der Waals surface area (Å²) in [5, 5.41) is 12.9. The first-order valence-corrected chi connectivity index (χ1v) is 7.30. The molecule has 0 spiro atoms. The number of nitrogens with zero attached hydrogens (tertiary/aromatic N) is 2. The number of rotatable bonds is 6. The van der Waals surface area contributed by atoms with Gasteiger partial charge < -0.3 is 19.9 Å². The molecule has 1 aliphatic carbocycles. The summed E-state index contributed by atoms with van der Waals surface area (Å²) in [5.41, 5.74) is 0.193. The zero-order valence-electron chi connectivity index (χ0n) is 12.7. The quantitative estimate of drug-likeness (QED) is 0.791. The number of aromatic nitrogens is 2. The van der Waals surface area contributed by atoms with Crippen molar-refractivity contribution in [3.05, 3.63) is 36.2 Å². The summed E-state index contributed by atoms with van der Waals surface area (Å²) in [6.07, 6.45) is 5.60. The van der Waals surface area contributed by atoms with Crippen LogP contribution in [0.3, 0.4) is 0 Å². The second-order valence-electron chi connectivity index (χ2n) is 5.37. The summed E-state index contributed by atoms with van der Waals surface area (Å²) in [5.74, 6) is 1.32. The molecule has 2 N–H and O–H groups in total. The fourth-order valence-corrected chi connectivity index (χ4v) is 2.03. The number of ether oxygens (including phenoxy) is 2. The summed E-state index contributed by atoms with van der Waals surface area (Å²) in [4.78, 5) is 19.9. The van der Waals surface area contributed by atoms with Gasteiger partial charge >= 0.3 is 5.97 Å². The van der Waals surface area contributed by atoms with Crippen molar-refractivity contribution < 1.29 is 19.4 Å². The fraction of sp³-hybridized carbons (Fsp3) is 0.312. The van der Waals surface area contributed by atoms with Gasteiger partial charge in [0.1, 0.15) is 17.3 Å². The molecule has 2 aromatic rings. The highest BCUT2D eigenvalue weighted by Gasteiger charge is 2.20. The lowest BCUT2D eigenvalue weighted by Gasteiger charge is -2.08. The number of benzene rings is 1. The fourth-order valence-electron chi connectivity index (χ4n) is 2.03. The van der Waals surface area contributed by atoms with E-state index in [-0.39, 0.29) is 22.9 Å². The van der Waals surface area contributed by atoms with Gasteiger partial charge in [-0.3, -0.25) is 0 Å².